The number of carbonyl (C=O) groups is 1. The Labute approximate surface area is 171 Å². The molecule has 0 aliphatic rings. The summed E-state index contributed by atoms with van der Waals surface area (Å²) in [6.45, 7) is 0. The van der Waals surface area contributed by atoms with E-state index in [0.717, 1.165) is 10.8 Å². The molecule has 0 bridgehead atoms. The van der Waals surface area contributed by atoms with E-state index in [0.29, 0.717) is 28.2 Å². The molecular formula is C23H18O7. The van der Waals surface area contributed by atoms with E-state index in [9.17, 15) is 9.59 Å². The molecular weight excluding hydrogens is 388 g/mol. The third-order valence-electron chi connectivity index (χ3n) is 4.70. The average molecular weight is 406 g/mol. The van der Waals surface area contributed by atoms with Crippen molar-refractivity contribution < 1.29 is 28.2 Å². The molecule has 30 heavy (non-hydrogen) atoms. The smallest absolute Gasteiger partial charge is 0.344 e. The molecule has 7 nitrogen and oxygen atoms in total. The lowest BCUT2D eigenvalue weighted by molar-refractivity contribution is 0.0734. The number of rotatable bonds is 5. The number of ether oxygens (including phenoxy) is 4. The summed E-state index contributed by atoms with van der Waals surface area (Å²) < 4.78 is 26.7. The van der Waals surface area contributed by atoms with E-state index >= 15 is 0 Å². The second kappa shape index (κ2) is 7.79. The fourth-order valence-corrected chi connectivity index (χ4v) is 3.29. The fourth-order valence-electron chi connectivity index (χ4n) is 3.29. The van der Waals surface area contributed by atoms with Gasteiger partial charge in [-0.15, -0.1) is 0 Å². The van der Waals surface area contributed by atoms with Gasteiger partial charge in [0, 0.05) is 11.5 Å². The molecule has 0 saturated carbocycles. The van der Waals surface area contributed by atoms with Gasteiger partial charge >= 0.3 is 11.6 Å². The third kappa shape index (κ3) is 3.30. The van der Waals surface area contributed by atoms with Gasteiger partial charge in [-0.25, -0.2) is 9.59 Å². The first-order valence-corrected chi connectivity index (χ1v) is 9.03. The lowest BCUT2D eigenvalue weighted by Crippen LogP contribution is -2.10. The lowest BCUT2D eigenvalue weighted by Gasteiger charge is -2.13. The van der Waals surface area contributed by atoms with E-state index in [1.165, 1.54) is 39.5 Å². The molecule has 1 heterocycles. The van der Waals surface area contributed by atoms with E-state index < -0.39 is 11.6 Å². The Kier molecular flexibility index (Phi) is 5.02. The number of carbonyl (C=O) groups excluding carboxylic acids is 1. The van der Waals surface area contributed by atoms with Gasteiger partial charge in [-0.1, -0.05) is 18.2 Å². The largest absolute Gasteiger partial charge is 0.493 e. The van der Waals surface area contributed by atoms with Gasteiger partial charge in [-0.2, -0.15) is 0 Å². The van der Waals surface area contributed by atoms with Gasteiger partial charge in [0.05, 0.1) is 32.3 Å². The maximum absolute atomic E-state index is 12.7. The highest BCUT2D eigenvalue weighted by molar-refractivity contribution is 6.04. The van der Waals surface area contributed by atoms with Crippen molar-refractivity contribution >= 4 is 27.7 Å². The first-order chi connectivity index (χ1) is 14.5. The van der Waals surface area contributed by atoms with Gasteiger partial charge in [-0.3, -0.25) is 0 Å². The Hall–Kier alpha value is -4.00. The zero-order chi connectivity index (χ0) is 21.3. The predicted molar refractivity (Wildman–Crippen MR) is 111 cm³/mol. The maximum atomic E-state index is 12.7. The summed E-state index contributed by atoms with van der Waals surface area (Å²) in [5, 5.41) is 2.01. The minimum absolute atomic E-state index is 0.213. The van der Waals surface area contributed by atoms with Crippen molar-refractivity contribution in [1.29, 1.82) is 0 Å². The lowest BCUT2D eigenvalue weighted by atomic mass is 10.1. The normalized spacial score (nSPS) is 10.8. The van der Waals surface area contributed by atoms with Gasteiger partial charge in [0.25, 0.3) is 0 Å². The van der Waals surface area contributed by atoms with E-state index in [1.807, 2.05) is 12.1 Å². The van der Waals surface area contributed by atoms with Crippen molar-refractivity contribution in [2.24, 2.45) is 0 Å². The SMILES string of the molecule is COc1cc(C(=O)Oc2ccc3c(c2)oc(=O)c2ccccc23)cc(OC)c1OC. The highest BCUT2D eigenvalue weighted by Gasteiger charge is 2.19. The molecule has 0 amide bonds. The minimum atomic E-state index is -0.628. The summed E-state index contributed by atoms with van der Waals surface area (Å²) in [5.74, 6) is 0.645. The highest BCUT2D eigenvalue weighted by Crippen LogP contribution is 2.38. The second-order valence-electron chi connectivity index (χ2n) is 6.40. The summed E-state index contributed by atoms with van der Waals surface area (Å²) >= 11 is 0. The maximum Gasteiger partial charge on any atom is 0.344 e. The van der Waals surface area contributed by atoms with Crippen molar-refractivity contribution in [1.82, 2.24) is 0 Å². The highest BCUT2D eigenvalue weighted by atomic mass is 16.5. The number of fused-ring (bicyclic) bond motifs is 3. The molecule has 4 aromatic rings. The Balaban J connectivity index is 1.71. The van der Waals surface area contributed by atoms with Crippen LogP contribution in [0.5, 0.6) is 23.0 Å². The van der Waals surface area contributed by atoms with Crippen LogP contribution in [0.15, 0.2) is 63.8 Å². The van der Waals surface area contributed by atoms with Gasteiger partial charge in [-0.05, 0) is 35.7 Å². The van der Waals surface area contributed by atoms with Gasteiger partial charge < -0.3 is 23.4 Å². The van der Waals surface area contributed by atoms with E-state index in [4.69, 9.17) is 23.4 Å². The van der Waals surface area contributed by atoms with Crippen LogP contribution in [0.1, 0.15) is 10.4 Å². The Morgan fingerprint density at radius 2 is 1.47 bits per heavy atom. The van der Waals surface area contributed by atoms with Crippen LogP contribution in [0.3, 0.4) is 0 Å². The molecule has 0 aliphatic heterocycles. The van der Waals surface area contributed by atoms with Crippen molar-refractivity contribution in [2.45, 2.75) is 0 Å². The summed E-state index contributed by atoms with van der Waals surface area (Å²) in [5.41, 5.74) is 0.0876. The van der Waals surface area contributed by atoms with E-state index in [-0.39, 0.29) is 11.3 Å². The van der Waals surface area contributed by atoms with Crippen LogP contribution in [0.25, 0.3) is 21.7 Å². The molecule has 0 spiro atoms. The summed E-state index contributed by atoms with van der Waals surface area (Å²) in [6, 6.07) is 15.1. The van der Waals surface area contributed by atoms with E-state index in [1.54, 1.807) is 24.3 Å². The molecule has 7 heteroatoms. The summed E-state index contributed by atoms with van der Waals surface area (Å²) in [6.07, 6.45) is 0. The molecule has 0 saturated heterocycles. The van der Waals surface area contributed by atoms with Gasteiger partial charge in [0.1, 0.15) is 11.3 Å². The van der Waals surface area contributed by atoms with Crippen LogP contribution in [-0.2, 0) is 0 Å². The molecule has 1 aromatic heterocycles. The zero-order valence-electron chi connectivity index (χ0n) is 16.6. The number of methoxy groups -OCH3 is 3. The molecule has 0 unspecified atom stereocenters. The fraction of sp³-hybridized carbons (Fsp3) is 0.130. The number of esters is 1. The topological polar surface area (TPSA) is 84.2 Å². The predicted octanol–water partition coefficient (Wildman–Crippen LogP) is 4.19. The quantitative estimate of drug-likeness (QED) is 0.213. The van der Waals surface area contributed by atoms with Crippen LogP contribution in [0.4, 0.5) is 0 Å². The van der Waals surface area contributed by atoms with Crippen LogP contribution in [0, 0.1) is 0 Å². The molecule has 3 aromatic carbocycles. The first kappa shape index (κ1) is 19.3. The molecule has 0 fully saturated rings. The Morgan fingerprint density at radius 1 is 0.800 bits per heavy atom. The molecule has 152 valence electrons. The van der Waals surface area contributed by atoms with Crippen molar-refractivity contribution in [3.8, 4) is 23.0 Å². The average Bonchev–Trinajstić information content (AvgIpc) is 2.78. The van der Waals surface area contributed by atoms with Crippen molar-refractivity contribution in [3.05, 3.63) is 70.6 Å². The number of hydrogen-bond acceptors (Lipinski definition) is 7. The molecule has 0 radical (unpaired) electrons. The van der Waals surface area contributed by atoms with Crippen LogP contribution < -0.4 is 24.6 Å². The second-order valence-corrected chi connectivity index (χ2v) is 6.40. The number of benzene rings is 3. The standard InChI is InChI=1S/C23H18O7/c1-26-19-10-13(11-20(27-2)21(19)28-3)22(24)29-14-8-9-16-15-6-4-5-7-17(15)23(25)30-18(16)12-14/h4-12H,1-3H3. The molecule has 4 rings (SSSR count). The Morgan fingerprint density at radius 3 is 2.10 bits per heavy atom. The third-order valence-corrected chi connectivity index (χ3v) is 4.70. The molecule has 0 atom stereocenters. The number of hydrogen-bond donors (Lipinski definition) is 0. The van der Waals surface area contributed by atoms with Crippen LogP contribution in [-0.4, -0.2) is 27.3 Å². The van der Waals surface area contributed by atoms with Gasteiger partial charge in [0.15, 0.2) is 11.5 Å². The van der Waals surface area contributed by atoms with E-state index in [2.05, 4.69) is 0 Å². The molecule has 0 N–H and O–H groups in total. The zero-order valence-corrected chi connectivity index (χ0v) is 16.6. The monoisotopic (exact) mass is 406 g/mol. The molecule has 0 aliphatic carbocycles. The van der Waals surface area contributed by atoms with Crippen LogP contribution >= 0.6 is 0 Å². The van der Waals surface area contributed by atoms with Gasteiger partial charge in [0.2, 0.25) is 5.75 Å². The summed E-state index contributed by atoms with van der Waals surface area (Å²) in [4.78, 5) is 24.9. The Bertz CT molecular complexity index is 1300. The van der Waals surface area contributed by atoms with Crippen molar-refractivity contribution in [2.75, 3.05) is 21.3 Å². The minimum Gasteiger partial charge on any atom is -0.493 e. The van der Waals surface area contributed by atoms with Crippen LogP contribution in [0.2, 0.25) is 0 Å². The first-order valence-electron chi connectivity index (χ1n) is 9.03. The van der Waals surface area contributed by atoms with Crippen molar-refractivity contribution in [3.63, 3.8) is 0 Å². The summed E-state index contributed by atoms with van der Waals surface area (Å²) in [7, 11) is 4.40.